The molecule has 22 heavy (non-hydrogen) atoms. The maximum Gasteiger partial charge on any atom is 0.179 e. The first-order chi connectivity index (χ1) is 10.4. The Bertz CT molecular complexity index is 801. The minimum absolute atomic E-state index is 0.0250. The number of pyridine rings is 1. The van der Waals surface area contributed by atoms with Gasteiger partial charge in [0.1, 0.15) is 10.7 Å². The van der Waals surface area contributed by atoms with Crippen LogP contribution in [0.2, 0.25) is 5.02 Å². The molecule has 116 valence electrons. The van der Waals surface area contributed by atoms with Crippen molar-refractivity contribution in [1.82, 2.24) is 4.98 Å². The SMILES string of the molecule is CS(=O)(=O)c1cccnc1NCC1(c2cccc(Cl)c2)CC1. The van der Waals surface area contributed by atoms with Gasteiger partial charge in [-0.3, -0.25) is 0 Å². The monoisotopic (exact) mass is 336 g/mol. The van der Waals surface area contributed by atoms with Crippen molar-refractivity contribution in [1.29, 1.82) is 0 Å². The Balaban J connectivity index is 1.82. The summed E-state index contributed by atoms with van der Waals surface area (Å²) >= 11 is 6.07. The smallest absolute Gasteiger partial charge is 0.179 e. The Morgan fingerprint density at radius 3 is 2.68 bits per heavy atom. The summed E-state index contributed by atoms with van der Waals surface area (Å²) in [5.41, 5.74) is 1.21. The lowest BCUT2D eigenvalue weighted by atomic mass is 9.96. The number of aromatic nitrogens is 1. The molecule has 0 unspecified atom stereocenters. The van der Waals surface area contributed by atoms with Crippen LogP contribution in [0.4, 0.5) is 5.82 Å². The summed E-state index contributed by atoms with van der Waals surface area (Å²) in [7, 11) is -3.30. The number of sulfone groups is 1. The van der Waals surface area contributed by atoms with Crippen molar-refractivity contribution >= 4 is 27.3 Å². The summed E-state index contributed by atoms with van der Waals surface area (Å²) in [6.45, 7) is 0.646. The van der Waals surface area contributed by atoms with Crippen molar-refractivity contribution in [2.24, 2.45) is 0 Å². The third-order valence-electron chi connectivity index (χ3n) is 4.05. The summed E-state index contributed by atoms with van der Waals surface area (Å²) < 4.78 is 23.6. The minimum atomic E-state index is -3.30. The van der Waals surface area contributed by atoms with E-state index in [0.29, 0.717) is 12.4 Å². The average molecular weight is 337 g/mol. The first kappa shape index (κ1) is 15.3. The quantitative estimate of drug-likeness (QED) is 0.910. The highest BCUT2D eigenvalue weighted by molar-refractivity contribution is 7.90. The van der Waals surface area contributed by atoms with E-state index in [1.807, 2.05) is 18.2 Å². The molecule has 1 aliphatic rings. The molecular formula is C16H17ClN2O2S. The van der Waals surface area contributed by atoms with Crippen LogP contribution < -0.4 is 5.32 Å². The van der Waals surface area contributed by atoms with E-state index in [1.165, 1.54) is 11.8 Å². The number of hydrogen-bond acceptors (Lipinski definition) is 4. The average Bonchev–Trinajstić information content (AvgIpc) is 3.26. The fraction of sp³-hybridized carbons (Fsp3) is 0.312. The van der Waals surface area contributed by atoms with Crippen LogP contribution in [0.5, 0.6) is 0 Å². The van der Waals surface area contributed by atoms with E-state index in [0.717, 1.165) is 17.9 Å². The van der Waals surface area contributed by atoms with Gasteiger partial charge in [0, 0.05) is 29.4 Å². The Morgan fingerprint density at radius 2 is 2.05 bits per heavy atom. The number of hydrogen-bond donors (Lipinski definition) is 1. The number of rotatable bonds is 5. The Kier molecular flexibility index (Phi) is 3.87. The molecule has 0 radical (unpaired) electrons. The molecule has 1 aromatic heterocycles. The van der Waals surface area contributed by atoms with E-state index < -0.39 is 9.84 Å². The van der Waals surface area contributed by atoms with Crippen LogP contribution in [0, 0.1) is 0 Å². The number of benzene rings is 1. The topological polar surface area (TPSA) is 59.1 Å². The van der Waals surface area contributed by atoms with Crippen LogP contribution in [0.3, 0.4) is 0 Å². The highest BCUT2D eigenvalue weighted by Gasteiger charge is 2.44. The third kappa shape index (κ3) is 3.10. The lowest BCUT2D eigenvalue weighted by Crippen LogP contribution is -2.21. The molecule has 0 spiro atoms. The van der Waals surface area contributed by atoms with Gasteiger partial charge in [-0.15, -0.1) is 0 Å². The van der Waals surface area contributed by atoms with Crippen molar-refractivity contribution in [3.05, 3.63) is 53.2 Å². The Labute approximate surface area is 135 Å². The van der Waals surface area contributed by atoms with Crippen molar-refractivity contribution in [2.75, 3.05) is 18.1 Å². The van der Waals surface area contributed by atoms with Crippen molar-refractivity contribution in [3.63, 3.8) is 0 Å². The molecule has 0 aliphatic heterocycles. The fourth-order valence-electron chi connectivity index (χ4n) is 2.61. The molecule has 0 bridgehead atoms. The zero-order valence-electron chi connectivity index (χ0n) is 12.2. The van der Waals surface area contributed by atoms with Gasteiger partial charge in [0.2, 0.25) is 0 Å². The van der Waals surface area contributed by atoms with Gasteiger partial charge >= 0.3 is 0 Å². The van der Waals surface area contributed by atoms with Crippen LogP contribution in [-0.2, 0) is 15.3 Å². The van der Waals surface area contributed by atoms with Gasteiger partial charge in [-0.25, -0.2) is 13.4 Å². The second-order valence-corrected chi connectivity index (χ2v) is 8.19. The highest BCUT2D eigenvalue weighted by Crippen LogP contribution is 2.48. The zero-order valence-corrected chi connectivity index (χ0v) is 13.8. The largest absolute Gasteiger partial charge is 0.368 e. The molecular weight excluding hydrogens is 320 g/mol. The lowest BCUT2D eigenvalue weighted by Gasteiger charge is -2.18. The second-order valence-electron chi connectivity index (χ2n) is 5.77. The van der Waals surface area contributed by atoms with Crippen LogP contribution >= 0.6 is 11.6 Å². The van der Waals surface area contributed by atoms with Gasteiger partial charge in [-0.1, -0.05) is 23.7 Å². The molecule has 1 aromatic carbocycles. The molecule has 0 atom stereocenters. The van der Waals surface area contributed by atoms with Crippen LogP contribution in [0.1, 0.15) is 18.4 Å². The highest BCUT2D eigenvalue weighted by atomic mass is 35.5. The molecule has 4 nitrogen and oxygen atoms in total. The number of halogens is 1. The summed E-state index contributed by atoms with van der Waals surface area (Å²) in [4.78, 5) is 4.40. The van der Waals surface area contributed by atoms with Gasteiger partial charge in [0.25, 0.3) is 0 Å². The maximum absolute atomic E-state index is 11.8. The zero-order chi connectivity index (χ0) is 15.8. The summed E-state index contributed by atoms with van der Waals surface area (Å²) in [6.07, 6.45) is 4.90. The van der Waals surface area contributed by atoms with E-state index >= 15 is 0 Å². The van der Waals surface area contributed by atoms with Crippen molar-refractivity contribution in [3.8, 4) is 0 Å². The first-order valence-electron chi connectivity index (χ1n) is 7.06. The van der Waals surface area contributed by atoms with Crippen LogP contribution in [0.25, 0.3) is 0 Å². The fourth-order valence-corrected chi connectivity index (χ4v) is 3.60. The van der Waals surface area contributed by atoms with Crippen molar-refractivity contribution in [2.45, 2.75) is 23.2 Å². The lowest BCUT2D eigenvalue weighted by molar-refractivity contribution is 0.601. The Morgan fingerprint density at radius 1 is 1.27 bits per heavy atom. The minimum Gasteiger partial charge on any atom is -0.368 e. The number of anilines is 1. The molecule has 1 heterocycles. The molecule has 1 N–H and O–H groups in total. The van der Waals surface area contributed by atoms with E-state index in [4.69, 9.17) is 11.6 Å². The molecule has 0 amide bonds. The summed E-state index contributed by atoms with van der Waals surface area (Å²) in [5.74, 6) is 0.415. The van der Waals surface area contributed by atoms with Gasteiger partial charge in [-0.2, -0.15) is 0 Å². The van der Waals surface area contributed by atoms with E-state index in [1.54, 1.807) is 18.3 Å². The third-order valence-corrected chi connectivity index (χ3v) is 5.42. The second kappa shape index (κ2) is 5.56. The number of nitrogens with one attached hydrogen (secondary N) is 1. The van der Waals surface area contributed by atoms with E-state index in [9.17, 15) is 8.42 Å². The van der Waals surface area contributed by atoms with E-state index in [2.05, 4.69) is 16.4 Å². The Hall–Kier alpha value is -1.59. The standard InChI is InChI=1S/C16H17ClN2O2S/c1-22(20,21)14-6-3-9-18-15(14)19-11-16(7-8-16)12-4-2-5-13(17)10-12/h2-6,9-10H,7-8,11H2,1H3,(H,18,19). The molecule has 1 saturated carbocycles. The predicted octanol–water partition coefficient (Wildman–Crippen LogP) is 3.28. The molecule has 0 saturated heterocycles. The normalized spacial score (nSPS) is 16.3. The predicted molar refractivity (Wildman–Crippen MR) is 88.2 cm³/mol. The molecule has 3 rings (SSSR count). The summed E-state index contributed by atoms with van der Waals surface area (Å²) in [6, 6.07) is 11.0. The first-order valence-corrected chi connectivity index (χ1v) is 9.33. The van der Waals surface area contributed by atoms with Crippen LogP contribution in [0.15, 0.2) is 47.5 Å². The van der Waals surface area contributed by atoms with E-state index in [-0.39, 0.29) is 10.3 Å². The van der Waals surface area contributed by atoms with Gasteiger partial charge in [-0.05, 0) is 42.7 Å². The maximum atomic E-state index is 11.8. The van der Waals surface area contributed by atoms with Crippen LogP contribution in [-0.4, -0.2) is 26.2 Å². The molecule has 6 heteroatoms. The van der Waals surface area contributed by atoms with Gasteiger partial charge in [0.15, 0.2) is 9.84 Å². The van der Waals surface area contributed by atoms with Crippen molar-refractivity contribution < 1.29 is 8.42 Å². The summed E-state index contributed by atoms with van der Waals surface area (Å²) in [5, 5.41) is 3.93. The molecule has 1 fully saturated rings. The molecule has 1 aliphatic carbocycles. The molecule has 2 aromatic rings. The van der Waals surface area contributed by atoms with Gasteiger partial charge in [0.05, 0.1) is 0 Å². The van der Waals surface area contributed by atoms with Gasteiger partial charge < -0.3 is 5.32 Å². The number of nitrogens with zero attached hydrogens (tertiary/aromatic N) is 1.